The Kier molecular flexibility index (Phi) is 11.5. The Morgan fingerprint density at radius 3 is 1.48 bits per heavy atom. The normalized spacial score (nSPS) is 10.8. The molecule has 0 bridgehead atoms. The van der Waals surface area contributed by atoms with Crippen molar-refractivity contribution in [1.82, 2.24) is 0 Å². The summed E-state index contributed by atoms with van der Waals surface area (Å²) in [5.74, 6) is 0.756. The quantitative estimate of drug-likeness (QED) is 0.289. The number of rotatable bonds is 15. The third-order valence-electron chi connectivity index (χ3n) is 4.42. The molecule has 5 heteroatoms. The van der Waals surface area contributed by atoms with Crippen LogP contribution < -0.4 is 14.2 Å². The van der Waals surface area contributed by atoms with Gasteiger partial charge in [-0.15, -0.1) is 0 Å². The molecule has 0 aliphatic carbocycles. The van der Waals surface area contributed by atoms with Gasteiger partial charge in [0.1, 0.15) is 0 Å². The number of hydrogen-bond acceptors (Lipinski definition) is 5. The van der Waals surface area contributed by atoms with Crippen molar-refractivity contribution < 1.29 is 24.4 Å². The van der Waals surface area contributed by atoms with Gasteiger partial charge in [0.05, 0.1) is 19.8 Å². The third-order valence-corrected chi connectivity index (χ3v) is 4.42. The van der Waals surface area contributed by atoms with Gasteiger partial charge in [0, 0.05) is 5.56 Å². The Labute approximate surface area is 164 Å². The average molecular weight is 383 g/mol. The van der Waals surface area contributed by atoms with Crippen LogP contribution in [-0.4, -0.2) is 30.0 Å². The molecule has 0 heterocycles. The molecular weight excluding hydrogens is 344 g/mol. The van der Waals surface area contributed by atoms with E-state index in [0.29, 0.717) is 43.3 Å². The summed E-state index contributed by atoms with van der Waals surface area (Å²) in [4.78, 5) is 0. The molecule has 0 aliphatic heterocycles. The second kappa shape index (κ2) is 13.4. The highest BCUT2D eigenvalue weighted by Crippen LogP contribution is 2.53. The highest BCUT2D eigenvalue weighted by molar-refractivity contribution is 5.69. The van der Waals surface area contributed by atoms with Crippen molar-refractivity contribution in [2.75, 3.05) is 19.8 Å². The summed E-state index contributed by atoms with van der Waals surface area (Å²) in [6.07, 6.45) is 8.16. The first kappa shape index (κ1) is 23.3. The molecule has 1 rings (SSSR count). The van der Waals surface area contributed by atoms with E-state index in [4.69, 9.17) is 14.2 Å². The van der Waals surface area contributed by atoms with E-state index in [1.54, 1.807) is 0 Å². The molecular formula is C22H38O5. The zero-order valence-electron chi connectivity index (χ0n) is 17.6. The molecule has 156 valence electrons. The summed E-state index contributed by atoms with van der Waals surface area (Å²) in [6.45, 7) is 9.88. The SMILES string of the molecule is CCCCOc1c(O)c(O)c(CCCC)c(OCCCC)c1OCCCC. The Bertz CT molecular complexity index is 542. The molecule has 0 saturated carbocycles. The first-order valence-electron chi connectivity index (χ1n) is 10.6. The van der Waals surface area contributed by atoms with Gasteiger partial charge >= 0.3 is 0 Å². The van der Waals surface area contributed by atoms with E-state index >= 15 is 0 Å². The minimum atomic E-state index is -0.244. The Morgan fingerprint density at radius 2 is 1.00 bits per heavy atom. The van der Waals surface area contributed by atoms with Gasteiger partial charge in [-0.3, -0.25) is 0 Å². The van der Waals surface area contributed by atoms with Crippen LogP contribution in [-0.2, 0) is 6.42 Å². The number of unbranched alkanes of at least 4 members (excludes halogenated alkanes) is 4. The van der Waals surface area contributed by atoms with Gasteiger partial charge in [-0.05, 0) is 32.1 Å². The summed E-state index contributed by atoms with van der Waals surface area (Å²) in [5.41, 5.74) is 0.611. The monoisotopic (exact) mass is 382 g/mol. The summed E-state index contributed by atoms with van der Waals surface area (Å²) in [5, 5.41) is 21.2. The van der Waals surface area contributed by atoms with Gasteiger partial charge in [-0.2, -0.15) is 0 Å². The molecule has 0 atom stereocenters. The van der Waals surface area contributed by atoms with Crippen molar-refractivity contribution in [3.05, 3.63) is 5.56 Å². The zero-order chi connectivity index (χ0) is 20.1. The maximum Gasteiger partial charge on any atom is 0.211 e. The molecule has 2 N–H and O–H groups in total. The lowest BCUT2D eigenvalue weighted by Crippen LogP contribution is -2.08. The fourth-order valence-corrected chi connectivity index (χ4v) is 2.66. The molecule has 0 amide bonds. The number of aromatic hydroxyl groups is 2. The topological polar surface area (TPSA) is 68.2 Å². The van der Waals surface area contributed by atoms with Gasteiger partial charge in [-0.25, -0.2) is 0 Å². The predicted molar refractivity (Wildman–Crippen MR) is 110 cm³/mol. The molecule has 0 aliphatic rings. The van der Waals surface area contributed by atoms with Crippen LogP contribution in [0.1, 0.15) is 84.6 Å². The largest absolute Gasteiger partial charge is 0.504 e. The van der Waals surface area contributed by atoms with E-state index in [0.717, 1.165) is 51.4 Å². The van der Waals surface area contributed by atoms with E-state index in [2.05, 4.69) is 27.7 Å². The van der Waals surface area contributed by atoms with Crippen molar-refractivity contribution in [1.29, 1.82) is 0 Å². The van der Waals surface area contributed by atoms with Crippen LogP contribution in [0, 0.1) is 0 Å². The van der Waals surface area contributed by atoms with Crippen molar-refractivity contribution in [3.63, 3.8) is 0 Å². The molecule has 5 nitrogen and oxygen atoms in total. The molecule has 27 heavy (non-hydrogen) atoms. The molecule has 0 fully saturated rings. The van der Waals surface area contributed by atoms with Crippen LogP contribution in [0.15, 0.2) is 0 Å². The Balaban J connectivity index is 3.35. The van der Waals surface area contributed by atoms with Crippen molar-refractivity contribution in [2.45, 2.75) is 85.5 Å². The van der Waals surface area contributed by atoms with E-state index in [-0.39, 0.29) is 17.2 Å². The van der Waals surface area contributed by atoms with Crippen LogP contribution in [0.2, 0.25) is 0 Å². The van der Waals surface area contributed by atoms with E-state index in [1.165, 1.54) is 0 Å². The highest BCUT2D eigenvalue weighted by Gasteiger charge is 2.27. The number of hydrogen-bond donors (Lipinski definition) is 2. The van der Waals surface area contributed by atoms with Gasteiger partial charge in [0.2, 0.25) is 17.2 Å². The van der Waals surface area contributed by atoms with Gasteiger partial charge in [0.15, 0.2) is 11.5 Å². The third kappa shape index (κ3) is 7.04. The lowest BCUT2D eigenvalue weighted by Gasteiger charge is -2.22. The second-order valence-electron chi connectivity index (χ2n) is 6.87. The van der Waals surface area contributed by atoms with Gasteiger partial charge < -0.3 is 24.4 Å². The molecule has 0 saturated heterocycles. The standard InChI is InChI=1S/C22H38O5/c1-5-9-13-17-18(23)19(24)21(26-15-11-7-3)22(27-16-12-8-4)20(17)25-14-10-6-2/h23-24H,5-16H2,1-4H3. The average Bonchev–Trinajstić information content (AvgIpc) is 2.67. The Hall–Kier alpha value is -1.78. The fourth-order valence-electron chi connectivity index (χ4n) is 2.66. The first-order chi connectivity index (χ1) is 13.1. The molecule has 1 aromatic rings. The maximum absolute atomic E-state index is 10.6. The van der Waals surface area contributed by atoms with Crippen molar-refractivity contribution in [2.24, 2.45) is 0 Å². The maximum atomic E-state index is 10.6. The van der Waals surface area contributed by atoms with Crippen LogP contribution >= 0.6 is 0 Å². The minimum Gasteiger partial charge on any atom is -0.504 e. The number of ether oxygens (including phenoxy) is 3. The molecule has 1 aromatic carbocycles. The van der Waals surface area contributed by atoms with Crippen molar-refractivity contribution in [3.8, 4) is 28.7 Å². The van der Waals surface area contributed by atoms with E-state index < -0.39 is 0 Å². The number of phenols is 2. The van der Waals surface area contributed by atoms with Crippen LogP contribution in [0.3, 0.4) is 0 Å². The van der Waals surface area contributed by atoms with Crippen LogP contribution in [0.25, 0.3) is 0 Å². The number of benzene rings is 1. The van der Waals surface area contributed by atoms with Crippen LogP contribution in [0.4, 0.5) is 0 Å². The Morgan fingerprint density at radius 1 is 0.556 bits per heavy atom. The highest BCUT2D eigenvalue weighted by atomic mass is 16.5. The van der Waals surface area contributed by atoms with Gasteiger partial charge in [0.25, 0.3) is 0 Å². The summed E-state index contributed by atoms with van der Waals surface area (Å²) in [6, 6.07) is 0. The first-order valence-corrected chi connectivity index (χ1v) is 10.6. The molecule has 0 radical (unpaired) electrons. The lowest BCUT2D eigenvalue weighted by molar-refractivity contribution is 0.225. The summed E-state index contributed by atoms with van der Waals surface area (Å²) < 4.78 is 17.9. The second-order valence-corrected chi connectivity index (χ2v) is 6.87. The van der Waals surface area contributed by atoms with Crippen LogP contribution in [0.5, 0.6) is 28.7 Å². The van der Waals surface area contributed by atoms with E-state index in [9.17, 15) is 10.2 Å². The minimum absolute atomic E-state index is 0.149. The smallest absolute Gasteiger partial charge is 0.211 e. The predicted octanol–water partition coefficient (Wildman–Crippen LogP) is 5.98. The van der Waals surface area contributed by atoms with Gasteiger partial charge in [-0.1, -0.05) is 53.4 Å². The fraction of sp³-hybridized carbons (Fsp3) is 0.727. The van der Waals surface area contributed by atoms with E-state index in [1.807, 2.05) is 0 Å². The molecule has 0 spiro atoms. The van der Waals surface area contributed by atoms with Crippen molar-refractivity contribution >= 4 is 0 Å². The lowest BCUT2D eigenvalue weighted by atomic mass is 10.0. The molecule has 0 unspecified atom stereocenters. The summed E-state index contributed by atoms with van der Waals surface area (Å²) >= 11 is 0. The summed E-state index contributed by atoms with van der Waals surface area (Å²) in [7, 11) is 0. The zero-order valence-corrected chi connectivity index (χ0v) is 17.6. The molecule has 0 aromatic heterocycles. The number of phenolic OH excluding ortho intramolecular Hbond substituents is 2.